The number of rotatable bonds is 2. The summed E-state index contributed by atoms with van der Waals surface area (Å²) in [4.78, 5) is 26.7. The first kappa shape index (κ1) is 12.6. The Balaban J connectivity index is 2.79. The maximum absolute atomic E-state index is 13.6. The molecule has 1 aromatic heterocycles. The van der Waals surface area contributed by atoms with E-state index in [0.29, 0.717) is 0 Å². The van der Waals surface area contributed by atoms with E-state index in [2.05, 4.69) is 4.98 Å². The summed E-state index contributed by atoms with van der Waals surface area (Å²) in [5.74, 6) is -1.11. The number of hydrogen-bond acceptors (Lipinski definition) is 3. The molecular weight excluding hydrogens is 253 g/mol. The number of allylic oxidation sites excluding steroid dienone is 1. The van der Waals surface area contributed by atoms with Gasteiger partial charge in [0, 0.05) is 13.5 Å². The Kier molecular flexibility index (Phi) is 3.12. The molecule has 2 rings (SSSR count). The van der Waals surface area contributed by atoms with Crippen molar-refractivity contribution >= 4 is 5.57 Å². The van der Waals surface area contributed by atoms with Crippen LogP contribution in [-0.2, 0) is 4.74 Å². The summed E-state index contributed by atoms with van der Waals surface area (Å²) in [6, 6.07) is 0. The maximum atomic E-state index is 13.6. The van der Waals surface area contributed by atoms with Gasteiger partial charge in [0.1, 0.15) is 11.9 Å². The van der Waals surface area contributed by atoms with E-state index in [4.69, 9.17) is 4.74 Å². The second-order valence-corrected chi connectivity index (χ2v) is 3.74. The maximum Gasteiger partial charge on any atom is 0.326 e. The van der Waals surface area contributed by atoms with Crippen molar-refractivity contribution in [3.8, 4) is 0 Å². The Morgan fingerprint density at radius 2 is 2.00 bits per heavy atom. The summed E-state index contributed by atoms with van der Waals surface area (Å²) in [7, 11) is 1.23. The average Bonchev–Trinajstić information content (AvgIpc) is 2.28. The number of fused-ring (bicyclic) bond motifs is 1. The first-order chi connectivity index (χ1) is 8.45. The molecule has 0 spiro atoms. The number of hydrogen-bond donors (Lipinski definition) is 2. The number of nitrogens with one attached hydrogen (secondary N) is 2. The lowest BCUT2D eigenvalue weighted by Gasteiger charge is -2.24. The third-order valence-electron chi connectivity index (χ3n) is 2.72. The van der Waals surface area contributed by atoms with Gasteiger partial charge in [-0.1, -0.05) is 0 Å². The third kappa shape index (κ3) is 1.88. The molecule has 0 saturated carbocycles. The van der Waals surface area contributed by atoms with Crippen LogP contribution in [0.15, 0.2) is 15.4 Å². The molecule has 0 aliphatic heterocycles. The Bertz CT molecular complexity index is 618. The van der Waals surface area contributed by atoms with E-state index in [1.807, 2.05) is 0 Å². The molecule has 5 nitrogen and oxygen atoms in total. The molecule has 0 saturated heterocycles. The highest BCUT2D eigenvalue weighted by molar-refractivity contribution is 5.72. The molecule has 1 heterocycles. The molecule has 0 radical (unpaired) electrons. The van der Waals surface area contributed by atoms with Crippen LogP contribution >= 0.6 is 0 Å². The van der Waals surface area contributed by atoms with Gasteiger partial charge < -0.3 is 9.72 Å². The number of alkyl halides is 2. The van der Waals surface area contributed by atoms with Crippen LogP contribution in [0.25, 0.3) is 5.57 Å². The SMILES string of the molecule is COC1CC(F)=C(C(F)F)c2c1[nH]c(=O)[nH]c2=O. The van der Waals surface area contributed by atoms with Gasteiger partial charge in [0.15, 0.2) is 0 Å². The molecule has 8 heteroatoms. The molecule has 0 amide bonds. The van der Waals surface area contributed by atoms with Crippen molar-refractivity contribution in [2.24, 2.45) is 0 Å². The van der Waals surface area contributed by atoms with Crippen LogP contribution in [0.2, 0.25) is 0 Å². The fourth-order valence-electron chi connectivity index (χ4n) is 1.95. The van der Waals surface area contributed by atoms with E-state index in [1.165, 1.54) is 7.11 Å². The third-order valence-corrected chi connectivity index (χ3v) is 2.72. The molecule has 1 aliphatic rings. The Morgan fingerprint density at radius 1 is 1.33 bits per heavy atom. The summed E-state index contributed by atoms with van der Waals surface area (Å²) >= 11 is 0. The van der Waals surface area contributed by atoms with Crippen LogP contribution in [0.5, 0.6) is 0 Å². The summed E-state index contributed by atoms with van der Waals surface area (Å²) in [5, 5.41) is 0. The zero-order chi connectivity index (χ0) is 13.4. The monoisotopic (exact) mass is 262 g/mol. The molecule has 1 aromatic rings. The minimum atomic E-state index is -3.14. The highest BCUT2D eigenvalue weighted by Gasteiger charge is 2.34. The predicted molar refractivity (Wildman–Crippen MR) is 56.1 cm³/mol. The zero-order valence-corrected chi connectivity index (χ0v) is 9.22. The lowest BCUT2D eigenvalue weighted by molar-refractivity contribution is 0.0909. The lowest BCUT2D eigenvalue weighted by Crippen LogP contribution is -2.32. The quantitative estimate of drug-likeness (QED) is 0.838. The van der Waals surface area contributed by atoms with Gasteiger partial charge in [-0.2, -0.15) is 0 Å². The number of H-pyrrole nitrogens is 2. The number of methoxy groups -OCH3 is 1. The molecule has 0 fully saturated rings. The summed E-state index contributed by atoms with van der Waals surface area (Å²) in [6.07, 6.45) is -4.55. The standard InChI is InChI=1S/C10H9F3N2O3/c1-18-4-2-3(11)5(8(12)13)6-7(4)14-10(17)15-9(6)16/h4,8H,2H2,1H3,(H2,14,15,16,17). The highest BCUT2D eigenvalue weighted by Crippen LogP contribution is 2.38. The second kappa shape index (κ2) is 4.45. The molecule has 1 atom stereocenters. The van der Waals surface area contributed by atoms with E-state index in [1.54, 1.807) is 4.98 Å². The topological polar surface area (TPSA) is 75.0 Å². The van der Waals surface area contributed by atoms with Gasteiger partial charge in [0.05, 0.1) is 16.8 Å². The molecule has 98 valence electrons. The number of aromatic nitrogens is 2. The molecule has 0 aromatic carbocycles. The highest BCUT2D eigenvalue weighted by atomic mass is 19.3. The largest absolute Gasteiger partial charge is 0.375 e. The van der Waals surface area contributed by atoms with Crippen LogP contribution in [0.1, 0.15) is 23.8 Å². The fourth-order valence-corrected chi connectivity index (χ4v) is 1.95. The van der Waals surface area contributed by atoms with Gasteiger partial charge in [-0.3, -0.25) is 9.78 Å². The fraction of sp³-hybridized carbons (Fsp3) is 0.400. The van der Waals surface area contributed by atoms with E-state index >= 15 is 0 Å². The molecular formula is C10H9F3N2O3. The lowest BCUT2D eigenvalue weighted by atomic mass is 9.93. The van der Waals surface area contributed by atoms with Crippen LogP contribution in [0.3, 0.4) is 0 Å². The van der Waals surface area contributed by atoms with E-state index in [0.717, 1.165) is 0 Å². The van der Waals surface area contributed by atoms with Crippen LogP contribution in [0, 0.1) is 0 Å². The molecule has 2 N–H and O–H groups in total. The van der Waals surface area contributed by atoms with Crippen molar-refractivity contribution in [3.05, 3.63) is 37.9 Å². The zero-order valence-electron chi connectivity index (χ0n) is 9.22. The van der Waals surface area contributed by atoms with Crippen molar-refractivity contribution in [1.82, 2.24) is 9.97 Å². The predicted octanol–water partition coefficient (Wildman–Crippen LogP) is 1.10. The van der Waals surface area contributed by atoms with Gasteiger partial charge >= 0.3 is 5.69 Å². The van der Waals surface area contributed by atoms with Crippen LogP contribution in [0.4, 0.5) is 13.2 Å². The normalized spacial score (nSPS) is 19.3. The van der Waals surface area contributed by atoms with Crippen molar-refractivity contribution in [3.63, 3.8) is 0 Å². The van der Waals surface area contributed by atoms with Crippen molar-refractivity contribution in [2.75, 3.05) is 7.11 Å². The van der Waals surface area contributed by atoms with E-state index in [-0.39, 0.29) is 5.69 Å². The first-order valence-corrected chi connectivity index (χ1v) is 5.02. The summed E-state index contributed by atoms with van der Waals surface area (Å²) in [6.45, 7) is 0. The number of halogens is 3. The number of ether oxygens (including phenoxy) is 1. The Morgan fingerprint density at radius 3 is 2.56 bits per heavy atom. The summed E-state index contributed by atoms with van der Waals surface area (Å²) in [5.41, 5.74) is -3.57. The van der Waals surface area contributed by atoms with Gasteiger partial charge in [0.2, 0.25) is 0 Å². The van der Waals surface area contributed by atoms with Gasteiger partial charge in [0.25, 0.3) is 12.0 Å². The van der Waals surface area contributed by atoms with Gasteiger partial charge in [-0.05, 0) is 0 Å². The van der Waals surface area contributed by atoms with Crippen LogP contribution < -0.4 is 11.2 Å². The van der Waals surface area contributed by atoms with Crippen molar-refractivity contribution in [2.45, 2.75) is 19.0 Å². The molecule has 18 heavy (non-hydrogen) atoms. The van der Waals surface area contributed by atoms with Crippen molar-refractivity contribution < 1.29 is 17.9 Å². The van der Waals surface area contributed by atoms with Crippen LogP contribution in [-0.4, -0.2) is 23.5 Å². The summed E-state index contributed by atoms with van der Waals surface area (Å²) < 4.78 is 44.0. The first-order valence-electron chi connectivity index (χ1n) is 5.02. The van der Waals surface area contributed by atoms with Crippen molar-refractivity contribution in [1.29, 1.82) is 0 Å². The average molecular weight is 262 g/mol. The minimum absolute atomic E-state index is 0.122. The smallest absolute Gasteiger partial charge is 0.326 e. The molecule has 1 aliphatic carbocycles. The van der Waals surface area contributed by atoms with Gasteiger partial charge in [-0.15, -0.1) is 0 Å². The van der Waals surface area contributed by atoms with Gasteiger partial charge in [-0.25, -0.2) is 18.0 Å². The Labute approximate surface area is 98.3 Å². The van der Waals surface area contributed by atoms with E-state index in [9.17, 15) is 22.8 Å². The Hall–Kier alpha value is -1.83. The molecule has 0 bridgehead atoms. The van der Waals surface area contributed by atoms with E-state index < -0.39 is 47.2 Å². The molecule has 1 unspecified atom stereocenters. The number of aromatic amines is 2. The minimum Gasteiger partial charge on any atom is -0.375 e. The second-order valence-electron chi connectivity index (χ2n) is 3.74.